The van der Waals surface area contributed by atoms with Crippen LogP contribution in [-0.2, 0) is 23.3 Å². The van der Waals surface area contributed by atoms with Gasteiger partial charge >= 0.3 is 0 Å². The quantitative estimate of drug-likeness (QED) is 0.671. The Morgan fingerprint density at radius 3 is 2.60 bits per heavy atom. The molecule has 9 heteroatoms. The van der Waals surface area contributed by atoms with E-state index in [1.54, 1.807) is 24.3 Å². The van der Waals surface area contributed by atoms with Gasteiger partial charge in [-0.25, -0.2) is 0 Å². The Morgan fingerprint density at radius 1 is 1.08 bits per heavy atom. The van der Waals surface area contributed by atoms with Crippen LogP contribution in [0.5, 0.6) is 0 Å². The maximum atomic E-state index is 12.2. The Bertz CT molecular complexity index is 940. The first-order valence-corrected chi connectivity index (χ1v) is 9.23. The average Bonchev–Trinajstić information content (AvgIpc) is 3.10. The van der Waals surface area contributed by atoms with Crippen molar-refractivity contribution in [2.45, 2.75) is 20.0 Å². The van der Waals surface area contributed by atoms with E-state index >= 15 is 0 Å². The van der Waals surface area contributed by atoms with Gasteiger partial charge in [0.1, 0.15) is 0 Å². The summed E-state index contributed by atoms with van der Waals surface area (Å²) in [5.41, 5.74) is 1.98. The Kier molecular flexibility index (Phi) is 5.05. The first-order chi connectivity index (χ1) is 12.1. The van der Waals surface area contributed by atoms with E-state index in [1.807, 2.05) is 37.3 Å². The Morgan fingerprint density at radius 2 is 1.88 bits per heavy atom. The molecule has 1 aromatic heterocycles. The molecular formula is C16H18N6O2S. The molecule has 0 radical (unpaired) electrons. The number of nitrogens with zero attached hydrogens (tertiary/aromatic N) is 4. The second kappa shape index (κ2) is 7.41. The largest absolute Gasteiger partial charge is 0.299 e. The van der Waals surface area contributed by atoms with Crippen LogP contribution in [0.25, 0.3) is 11.4 Å². The van der Waals surface area contributed by atoms with Crippen LogP contribution >= 0.6 is 0 Å². The van der Waals surface area contributed by atoms with Crippen LogP contribution in [0.3, 0.4) is 0 Å². The Balaban J connectivity index is 1.70. The van der Waals surface area contributed by atoms with E-state index < -0.39 is 10.2 Å². The number of aromatic nitrogens is 4. The SMILES string of the molecule is CCn1nnc(-c2cccc(NS(=O)(=O)NCc3ccccc3)c2)n1. The van der Waals surface area contributed by atoms with E-state index in [0.717, 1.165) is 5.56 Å². The second-order valence-corrected chi connectivity index (χ2v) is 6.79. The third kappa shape index (κ3) is 4.61. The molecule has 0 fully saturated rings. The van der Waals surface area contributed by atoms with E-state index in [-0.39, 0.29) is 6.54 Å². The zero-order valence-electron chi connectivity index (χ0n) is 13.6. The van der Waals surface area contributed by atoms with Crippen LogP contribution in [0.2, 0.25) is 0 Å². The van der Waals surface area contributed by atoms with Gasteiger partial charge in [-0.1, -0.05) is 42.5 Å². The number of anilines is 1. The highest BCUT2D eigenvalue weighted by Crippen LogP contribution is 2.19. The highest BCUT2D eigenvalue weighted by Gasteiger charge is 2.11. The van der Waals surface area contributed by atoms with Gasteiger partial charge in [0.25, 0.3) is 10.2 Å². The van der Waals surface area contributed by atoms with Gasteiger partial charge in [-0.05, 0) is 29.8 Å². The predicted molar refractivity (Wildman–Crippen MR) is 94.8 cm³/mol. The molecule has 0 bridgehead atoms. The predicted octanol–water partition coefficient (Wildman–Crippen LogP) is 1.81. The fraction of sp³-hybridized carbons (Fsp3) is 0.188. The number of tetrazole rings is 1. The number of nitrogens with one attached hydrogen (secondary N) is 2. The van der Waals surface area contributed by atoms with Gasteiger partial charge in [0.15, 0.2) is 0 Å². The average molecular weight is 358 g/mol. The lowest BCUT2D eigenvalue weighted by Crippen LogP contribution is -2.29. The van der Waals surface area contributed by atoms with Gasteiger partial charge in [0.2, 0.25) is 5.82 Å². The molecule has 2 aromatic carbocycles. The van der Waals surface area contributed by atoms with Gasteiger partial charge in [0.05, 0.1) is 12.2 Å². The Hall–Kier alpha value is -2.78. The van der Waals surface area contributed by atoms with Crippen LogP contribution in [0.4, 0.5) is 5.69 Å². The normalized spacial score (nSPS) is 11.4. The van der Waals surface area contributed by atoms with Crippen LogP contribution < -0.4 is 9.44 Å². The van der Waals surface area contributed by atoms with Crippen molar-refractivity contribution in [3.8, 4) is 11.4 Å². The van der Waals surface area contributed by atoms with Crippen LogP contribution in [0, 0.1) is 0 Å². The van der Waals surface area contributed by atoms with Gasteiger partial charge in [-0.3, -0.25) is 4.72 Å². The Labute approximate surface area is 146 Å². The van der Waals surface area contributed by atoms with Crippen molar-refractivity contribution in [1.29, 1.82) is 0 Å². The number of benzene rings is 2. The minimum Gasteiger partial charge on any atom is -0.271 e. The lowest BCUT2D eigenvalue weighted by atomic mass is 10.2. The number of rotatable bonds is 7. The molecule has 0 aliphatic carbocycles. The molecule has 0 atom stereocenters. The summed E-state index contributed by atoms with van der Waals surface area (Å²) in [5.74, 6) is 0.445. The number of aryl methyl sites for hydroxylation is 1. The maximum Gasteiger partial charge on any atom is 0.299 e. The lowest BCUT2D eigenvalue weighted by molar-refractivity contribution is 0.553. The lowest BCUT2D eigenvalue weighted by Gasteiger charge is -2.10. The molecule has 0 saturated carbocycles. The van der Waals surface area contributed by atoms with Crippen molar-refractivity contribution in [3.05, 3.63) is 60.2 Å². The summed E-state index contributed by atoms with van der Waals surface area (Å²) in [5, 5.41) is 12.1. The van der Waals surface area contributed by atoms with E-state index in [0.29, 0.717) is 23.6 Å². The molecule has 0 spiro atoms. The molecule has 0 aliphatic heterocycles. The van der Waals surface area contributed by atoms with Crippen LogP contribution in [-0.4, -0.2) is 28.6 Å². The van der Waals surface area contributed by atoms with Gasteiger partial charge in [-0.2, -0.15) is 17.9 Å². The highest BCUT2D eigenvalue weighted by atomic mass is 32.2. The monoisotopic (exact) mass is 358 g/mol. The molecule has 0 amide bonds. The zero-order valence-corrected chi connectivity index (χ0v) is 14.4. The first kappa shape index (κ1) is 17.1. The maximum absolute atomic E-state index is 12.2. The second-order valence-electron chi connectivity index (χ2n) is 5.29. The minimum atomic E-state index is -3.69. The van der Waals surface area contributed by atoms with Crippen LogP contribution in [0.15, 0.2) is 54.6 Å². The molecule has 2 N–H and O–H groups in total. The van der Waals surface area contributed by atoms with Gasteiger partial charge < -0.3 is 0 Å². The summed E-state index contributed by atoms with van der Waals surface area (Å²) >= 11 is 0. The molecule has 8 nitrogen and oxygen atoms in total. The highest BCUT2D eigenvalue weighted by molar-refractivity contribution is 7.90. The first-order valence-electron chi connectivity index (χ1n) is 7.75. The van der Waals surface area contributed by atoms with E-state index in [2.05, 4.69) is 24.9 Å². The van der Waals surface area contributed by atoms with Crippen molar-refractivity contribution in [2.75, 3.05) is 4.72 Å². The summed E-state index contributed by atoms with van der Waals surface area (Å²) in [7, 11) is -3.69. The molecule has 1 heterocycles. The van der Waals surface area contributed by atoms with Crippen molar-refractivity contribution in [1.82, 2.24) is 24.9 Å². The topological polar surface area (TPSA) is 102 Å². The van der Waals surface area contributed by atoms with Gasteiger partial charge in [-0.15, -0.1) is 10.2 Å². The molecule has 0 aliphatic rings. The summed E-state index contributed by atoms with van der Waals surface area (Å²) in [6.45, 7) is 2.74. The molecule has 25 heavy (non-hydrogen) atoms. The summed E-state index contributed by atoms with van der Waals surface area (Å²) in [4.78, 5) is 1.47. The third-order valence-electron chi connectivity index (χ3n) is 3.42. The molecule has 0 unspecified atom stereocenters. The molecule has 3 aromatic rings. The van der Waals surface area contributed by atoms with Crippen LogP contribution in [0.1, 0.15) is 12.5 Å². The molecule has 3 rings (SSSR count). The minimum absolute atomic E-state index is 0.211. The summed E-state index contributed by atoms with van der Waals surface area (Å²) in [6.07, 6.45) is 0. The van der Waals surface area contributed by atoms with E-state index in [1.165, 1.54) is 4.80 Å². The number of hydrogen-bond donors (Lipinski definition) is 2. The molecule has 130 valence electrons. The van der Waals surface area contributed by atoms with Crippen molar-refractivity contribution in [3.63, 3.8) is 0 Å². The smallest absolute Gasteiger partial charge is 0.271 e. The van der Waals surface area contributed by atoms with Gasteiger partial charge in [0, 0.05) is 12.1 Å². The fourth-order valence-corrected chi connectivity index (χ4v) is 3.05. The standard InChI is InChI=1S/C16H18N6O2S/c1-2-22-19-16(18-21-22)14-9-6-10-15(11-14)20-25(23,24)17-12-13-7-4-3-5-8-13/h3-11,17,20H,2,12H2,1H3. The fourth-order valence-electron chi connectivity index (χ4n) is 2.18. The third-order valence-corrected chi connectivity index (χ3v) is 4.45. The number of hydrogen-bond acceptors (Lipinski definition) is 5. The zero-order chi connectivity index (χ0) is 17.7. The van der Waals surface area contributed by atoms with E-state index in [4.69, 9.17) is 0 Å². The van der Waals surface area contributed by atoms with Crippen molar-refractivity contribution >= 4 is 15.9 Å². The summed E-state index contributed by atoms with van der Waals surface area (Å²) in [6, 6.07) is 16.2. The van der Waals surface area contributed by atoms with E-state index in [9.17, 15) is 8.42 Å². The van der Waals surface area contributed by atoms with Crippen molar-refractivity contribution in [2.24, 2.45) is 0 Å². The molecular weight excluding hydrogens is 340 g/mol. The summed E-state index contributed by atoms with van der Waals surface area (Å²) < 4.78 is 29.4. The van der Waals surface area contributed by atoms with Crippen molar-refractivity contribution < 1.29 is 8.42 Å². The molecule has 0 saturated heterocycles.